The van der Waals surface area contributed by atoms with E-state index in [1.807, 2.05) is 0 Å². The maximum atomic E-state index is 13.2. The molecule has 0 atom stereocenters. The zero-order valence-electron chi connectivity index (χ0n) is 11.5. The lowest BCUT2D eigenvalue weighted by Crippen LogP contribution is -2.36. The lowest BCUT2D eigenvalue weighted by molar-refractivity contribution is -0.123. The number of carbonyl (C=O) groups is 1. The van der Waals surface area contributed by atoms with Crippen molar-refractivity contribution in [3.63, 3.8) is 0 Å². The summed E-state index contributed by atoms with van der Waals surface area (Å²) in [4.78, 5) is 11.8. The van der Waals surface area contributed by atoms with E-state index in [1.54, 1.807) is 6.07 Å². The van der Waals surface area contributed by atoms with Crippen LogP contribution in [0.3, 0.4) is 0 Å². The minimum absolute atomic E-state index is 0.0420. The van der Waals surface area contributed by atoms with Gasteiger partial charge < -0.3 is 15.8 Å². The van der Waals surface area contributed by atoms with Crippen molar-refractivity contribution >= 4 is 5.91 Å². The highest BCUT2D eigenvalue weighted by Gasteiger charge is 2.17. The highest BCUT2D eigenvalue weighted by molar-refractivity contribution is 5.77. The Balaban J connectivity index is 1.87. The van der Waals surface area contributed by atoms with Crippen LogP contribution in [0, 0.1) is 5.82 Å². The van der Waals surface area contributed by atoms with E-state index in [0.717, 1.165) is 12.8 Å². The van der Waals surface area contributed by atoms with Gasteiger partial charge in [0.1, 0.15) is 11.6 Å². The Labute approximate surface area is 118 Å². The Morgan fingerprint density at radius 2 is 2.15 bits per heavy atom. The smallest absolute Gasteiger partial charge is 0.258 e. The fraction of sp³-hybridized carbons (Fsp3) is 0.533. The summed E-state index contributed by atoms with van der Waals surface area (Å²) < 4.78 is 18.6. The Morgan fingerprint density at radius 3 is 2.85 bits per heavy atom. The molecule has 1 aromatic rings. The molecule has 20 heavy (non-hydrogen) atoms. The van der Waals surface area contributed by atoms with Crippen LogP contribution >= 0.6 is 0 Å². The van der Waals surface area contributed by atoms with E-state index in [1.165, 1.54) is 25.0 Å². The van der Waals surface area contributed by atoms with Crippen LogP contribution in [-0.4, -0.2) is 25.1 Å². The quantitative estimate of drug-likeness (QED) is 0.834. The number of nitrogens with two attached hydrogens (primary N) is 1. The van der Waals surface area contributed by atoms with Gasteiger partial charge in [0.25, 0.3) is 5.91 Å². The molecule has 1 aliphatic rings. The molecule has 2 rings (SSSR count). The van der Waals surface area contributed by atoms with E-state index in [2.05, 4.69) is 5.32 Å². The highest BCUT2D eigenvalue weighted by Crippen LogP contribution is 2.20. The van der Waals surface area contributed by atoms with Gasteiger partial charge in [-0.05, 0) is 49.6 Å². The second kappa shape index (κ2) is 7.24. The van der Waals surface area contributed by atoms with Gasteiger partial charge in [0.05, 0.1) is 0 Å². The molecule has 1 aromatic carbocycles. The van der Waals surface area contributed by atoms with E-state index in [-0.39, 0.29) is 24.4 Å². The second-order valence-corrected chi connectivity index (χ2v) is 5.13. The minimum Gasteiger partial charge on any atom is -0.483 e. The molecule has 1 saturated carbocycles. The van der Waals surface area contributed by atoms with Crippen molar-refractivity contribution in [1.29, 1.82) is 0 Å². The first-order valence-electron chi connectivity index (χ1n) is 7.09. The number of ether oxygens (including phenoxy) is 1. The third-order valence-corrected chi connectivity index (χ3v) is 3.52. The van der Waals surface area contributed by atoms with Gasteiger partial charge in [0.15, 0.2) is 6.61 Å². The molecule has 0 spiro atoms. The highest BCUT2D eigenvalue weighted by atomic mass is 19.1. The molecule has 0 aromatic heterocycles. The molecular formula is C15H21FN2O2. The number of rotatable bonds is 6. The van der Waals surface area contributed by atoms with Crippen LogP contribution in [0.4, 0.5) is 4.39 Å². The van der Waals surface area contributed by atoms with Crippen LogP contribution in [-0.2, 0) is 11.2 Å². The van der Waals surface area contributed by atoms with E-state index in [4.69, 9.17) is 10.5 Å². The number of halogens is 1. The van der Waals surface area contributed by atoms with Crippen molar-refractivity contribution in [3.05, 3.63) is 29.6 Å². The van der Waals surface area contributed by atoms with Gasteiger partial charge in [-0.2, -0.15) is 0 Å². The van der Waals surface area contributed by atoms with E-state index in [0.29, 0.717) is 24.3 Å². The van der Waals surface area contributed by atoms with Crippen LogP contribution in [0.5, 0.6) is 5.75 Å². The third kappa shape index (κ3) is 4.20. The molecule has 110 valence electrons. The first-order valence-corrected chi connectivity index (χ1v) is 7.09. The first-order chi connectivity index (χ1) is 9.69. The molecule has 1 amide bonds. The summed E-state index contributed by atoms with van der Waals surface area (Å²) in [6.45, 7) is 0.369. The molecule has 0 unspecified atom stereocenters. The fourth-order valence-corrected chi connectivity index (χ4v) is 2.52. The van der Waals surface area contributed by atoms with Gasteiger partial charge in [0.2, 0.25) is 0 Å². The Kier molecular flexibility index (Phi) is 5.35. The lowest BCUT2D eigenvalue weighted by atomic mass is 10.1. The average Bonchev–Trinajstić information content (AvgIpc) is 2.91. The predicted octanol–water partition coefficient (Wildman–Crippen LogP) is 1.76. The Bertz CT molecular complexity index is 459. The first kappa shape index (κ1) is 14.8. The molecule has 0 aliphatic heterocycles. The number of nitrogens with one attached hydrogen (secondary N) is 1. The SMILES string of the molecule is NCCc1cc(F)ccc1OCC(=O)NC1CCCC1. The number of hydrogen-bond donors (Lipinski definition) is 2. The summed E-state index contributed by atoms with van der Waals surface area (Å²) in [6.07, 6.45) is 4.95. The lowest BCUT2D eigenvalue weighted by Gasteiger charge is -2.14. The van der Waals surface area contributed by atoms with Crippen molar-refractivity contribution < 1.29 is 13.9 Å². The van der Waals surface area contributed by atoms with Crippen molar-refractivity contribution in [2.24, 2.45) is 5.73 Å². The molecule has 1 fully saturated rings. The van der Waals surface area contributed by atoms with E-state index < -0.39 is 0 Å². The zero-order valence-corrected chi connectivity index (χ0v) is 11.5. The molecular weight excluding hydrogens is 259 g/mol. The third-order valence-electron chi connectivity index (χ3n) is 3.52. The van der Waals surface area contributed by atoms with Crippen LogP contribution in [0.15, 0.2) is 18.2 Å². The summed E-state index contributed by atoms with van der Waals surface area (Å²) in [6, 6.07) is 4.55. The molecule has 5 heteroatoms. The van der Waals surface area contributed by atoms with E-state index >= 15 is 0 Å². The normalized spacial score (nSPS) is 15.3. The summed E-state index contributed by atoms with van der Waals surface area (Å²) in [7, 11) is 0. The largest absolute Gasteiger partial charge is 0.483 e. The van der Waals surface area contributed by atoms with Crippen molar-refractivity contribution in [1.82, 2.24) is 5.32 Å². The molecule has 0 heterocycles. The van der Waals surface area contributed by atoms with Crippen LogP contribution in [0.2, 0.25) is 0 Å². The second-order valence-electron chi connectivity index (χ2n) is 5.13. The van der Waals surface area contributed by atoms with E-state index in [9.17, 15) is 9.18 Å². The summed E-state index contributed by atoms with van der Waals surface area (Å²) >= 11 is 0. The van der Waals surface area contributed by atoms with Crippen molar-refractivity contribution in [2.75, 3.05) is 13.2 Å². The van der Waals surface area contributed by atoms with Gasteiger partial charge in [-0.25, -0.2) is 4.39 Å². The van der Waals surface area contributed by atoms with Crippen molar-refractivity contribution in [3.8, 4) is 5.75 Å². The van der Waals surface area contributed by atoms with Gasteiger partial charge >= 0.3 is 0 Å². The van der Waals surface area contributed by atoms with Gasteiger partial charge in [-0.3, -0.25) is 4.79 Å². The molecule has 1 aliphatic carbocycles. The number of benzene rings is 1. The number of carbonyl (C=O) groups excluding carboxylic acids is 1. The number of amides is 1. The monoisotopic (exact) mass is 280 g/mol. The Hall–Kier alpha value is -1.62. The van der Waals surface area contributed by atoms with Gasteiger partial charge in [-0.1, -0.05) is 12.8 Å². The fourth-order valence-electron chi connectivity index (χ4n) is 2.52. The molecule has 0 saturated heterocycles. The van der Waals surface area contributed by atoms with Crippen molar-refractivity contribution in [2.45, 2.75) is 38.1 Å². The standard InChI is InChI=1S/C15H21FN2O2/c16-12-5-6-14(11(9-12)7-8-17)20-10-15(19)18-13-3-1-2-4-13/h5-6,9,13H,1-4,7-8,10,17H2,(H,18,19). The van der Waals surface area contributed by atoms with Gasteiger partial charge in [0, 0.05) is 6.04 Å². The minimum atomic E-state index is -0.323. The molecule has 0 bridgehead atoms. The summed E-state index contributed by atoms with van der Waals surface area (Å²) in [5.41, 5.74) is 6.18. The van der Waals surface area contributed by atoms with Crippen LogP contribution < -0.4 is 15.8 Å². The molecule has 0 radical (unpaired) electrons. The molecule has 4 nitrogen and oxygen atoms in total. The maximum absolute atomic E-state index is 13.2. The summed E-state index contributed by atoms with van der Waals surface area (Å²) in [5.74, 6) is 0.0783. The van der Waals surface area contributed by atoms with Gasteiger partial charge in [-0.15, -0.1) is 0 Å². The maximum Gasteiger partial charge on any atom is 0.258 e. The summed E-state index contributed by atoms with van der Waals surface area (Å²) in [5, 5.41) is 2.95. The zero-order chi connectivity index (χ0) is 14.4. The number of hydrogen-bond acceptors (Lipinski definition) is 3. The topological polar surface area (TPSA) is 64.3 Å². The van der Waals surface area contributed by atoms with Crippen LogP contribution in [0.1, 0.15) is 31.2 Å². The average molecular weight is 280 g/mol. The predicted molar refractivity (Wildman–Crippen MR) is 75.1 cm³/mol. The Morgan fingerprint density at radius 1 is 1.40 bits per heavy atom. The van der Waals surface area contributed by atoms with Crippen LogP contribution in [0.25, 0.3) is 0 Å². The molecule has 3 N–H and O–H groups in total.